The van der Waals surface area contributed by atoms with Gasteiger partial charge in [-0.25, -0.2) is 13.4 Å². The predicted molar refractivity (Wildman–Crippen MR) is 95.4 cm³/mol. The lowest BCUT2D eigenvalue weighted by Crippen LogP contribution is -2.48. The summed E-state index contributed by atoms with van der Waals surface area (Å²) in [6.07, 6.45) is -1.81. The fraction of sp³-hybridized carbons (Fsp3) is 0.438. The van der Waals surface area contributed by atoms with Gasteiger partial charge in [0, 0.05) is 50.7 Å². The van der Waals surface area contributed by atoms with Crippen molar-refractivity contribution in [3.63, 3.8) is 0 Å². The molecule has 158 valence electrons. The van der Waals surface area contributed by atoms with Gasteiger partial charge in [0.2, 0.25) is 10.0 Å². The third-order valence-corrected chi connectivity index (χ3v) is 6.41. The van der Waals surface area contributed by atoms with Crippen molar-refractivity contribution < 1.29 is 26.5 Å². The van der Waals surface area contributed by atoms with E-state index in [4.69, 9.17) is 0 Å². The Bertz CT molecular complexity index is 984. The smallest absolute Gasteiger partial charge is 0.325 e. The summed E-state index contributed by atoms with van der Waals surface area (Å²) in [4.78, 5) is 15.8. The molecule has 1 aromatic carbocycles. The van der Waals surface area contributed by atoms with Crippen molar-refractivity contribution in [3.8, 4) is 0 Å². The first-order valence-electron chi connectivity index (χ1n) is 8.60. The summed E-state index contributed by atoms with van der Waals surface area (Å²) in [5.74, 6) is 0.248. The van der Waals surface area contributed by atoms with Crippen LogP contribution < -0.4 is 0 Å². The van der Waals surface area contributed by atoms with Crippen molar-refractivity contribution in [2.24, 2.45) is 0 Å². The molecule has 1 fully saturated rings. The first-order chi connectivity index (χ1) is 13.6. The van der Waals surface area contributed by atoms with Gasteiger partial charge in [0.1, 0.15) is 12.4 Å². The predicted octanol–water partition coefficient (Wildman–Crippen LogP) is 1.86. The van der Waals surface area contributed by atoms with Crippen LogP contribution in [-0.2, 0) is 23.1 Å². The molecule has 0 atom stereocenters. The minimum Gasteiger partial charge on any atom is -0.325 e. The quantitative estimate of drug-likeness (QED) is 0.509. The molecular formula is C16H18F3N5O4S. The van der Waals surface area contributed by atoms with E-state index in [-0.39, 0.29) is 36.0 Å². The van der Waals surface area contributed by atoms with Gasteiger partial charge >= 0.3 is 6.18 Å². The van der Waals surface area contributed by atoms with Crippen molar-refractivity contribution in [3.05, 3.63) is 52.6 Å². The standard InChI is InChI=1S/C16H18F3N5O4S/c17-16(18,19)12-22-5-4-20-15(22)11-21-6-8-23(9-7-21)29(27,28)14-3-1-2-13(10-14)24(25)26/h1-5,10H,6-9,11-12H2. The Hall–Kier alpha value is -2.51. The first kappa shape index (κ1) is 21.2. The van der Waals surface area contributed by atoms with E-state index < -0.39 is 27.7 Å². The van der Waals surface area contributed by atoms with E-state index in [2.05, 4.69) is 4.98 Å². The van der Waals surface area contributed by atoms with Gasteiger partial charge in [-0.05, 0) is 6.07 Å². The average molecular weight is 433 g/mol. The molecule has 1 aliphatic heterocycles. The first-order valence-corrected chi connectivity index (χ1v) is 10.0. The van der Waals surface area contributed by atoms with Crippen LogP contribution in [0.5, 0.6) is 0 Å². The van der Waals surface area contributed by atoms with E-state index >= 15 is 0 Å². The van der Waals surface area contributed by atoms with Gasteiger partial charge in [0.15, 0.2) is 0 Å². The second-order valence-electron chi connectivity index (χ2n) is 6.52. The van der Waals surface area contributed by atoms with Gasteiger partial charge in [0.25, 0.3) is 5.69 Å². The summed E-state index contributed by atoms with van der Waals surface area (Å²) in [6.45, 7) is -0.146. The minimum absolute atomic E-state index is 0.116. The Kier molecular flexibility index (Phi) is 5.91. The summed E-state index contributed by atoms with van der Waals surface area (Å²) >= 11 is 0. The van der Waals surface area contributed by atoms with Crippen LogP contribution in [0.1, 0.15) is 5.82 Å². The van der Waals surface area contributed by atoms with E-state index in [1.165, 1.54) is 34.9 Å². The number of benzene rings is 1. The van der Waals surface area contributed by atoms with Gasteiger partial charge in [-0.2, -0.15) is 17.5 Å². The number of alkyl halides is 3. The number of non-ortho nitro benzene ring substituents is 1. The maximum absolute atomic E-state index is 12.7. The lowest BCUT2D eigenvalue weighted by molar-refractivity contribution is -0.385. The Labute approximate surface area is 164 Å². The summed E-state index contributed by atoms with van der Waals surface area (Å²) in [5.41, 5.74) is -0.318. The zero-order valence-electron chi connectivity index (χ0n) is 15.1. The van der Waals surface area contributed by atoms with Crippen LogP contribution in [0.2, 0.25) is 0 Å². The maximum atomic E-state index is 12.7. The van der Waals surface area contributed by atoms with Crippen molar-refractivity contribution >= 4 is 15.7 Å². The minimum atomic E-state index is -4.36. The van der Waals surface area contributed by atoms with Crippen LogP contribution in [-0.4, -0.2) is 64.5 Å². The number of imidazole rings is 1. The Morgan fingerprint density at radius 2 is 1.86 bits per heavy atom. The average Bonchev–Trinajstić information content (AvgIpc) is 3.07. The molecule has 0 aliphatic carbocycles. The van der Waals surface area contributed by atoms with Gasteiger partial charge in [-0.1, -0.05) is 6.07 Å². The Morgan fingerprint density at radius 1 is 1.17 bits per heavy atom. The number of piperazine rings is 1. The summed E-state index contributed by atoms with van der Waals surface area (Å²) < 4.78 is 65.6. The number of hydrogen-bond acceptors (Lipinski definition) is 6. The number of sulfonamides is 1. The fourth-order valence-electron chi connectivity index (χ4n) is 3.06. The zero-order chi connectivity index (χ0) is 21.2. The van der Waals surface area contributed by atoms with Gasteiger partial charge < -0.3 is 4.57 Å². The second kappa shape index (κ2) is 8.08. The van der Waals surface area contributed by atoms with Gasteiger partial charge in [-0.3, -0.25) is 15.0 Å². The number of aromatic nitrogens is 2. The number of nitrogens with zero attached hydrogens (tertiary/aromatic N) is 5. The third-order valence-electron chi connectivity index (χ3n) is 4.51. The lowest BCUT2D eigenvalue weighted by Gasteiger charge is -2.33. The normalized spacial score (nSPS) is 16.8. The van der Waals surface area contributed by atoms with Crippen LogP contribution in [0.3, 0.4) is 0 Å². The Balaban J connectivity index is 1.64. The lowest BCUT2D eigenvalue weighted by atomic mass is 10.3. The molecule has 1 aliphatic rings. The topological polar surface area (TPSA) is 102 Å². The molecule has 0 radical (unpaired) electrons. The van der Waals surface area contributed by atoms with E-state index in [0.717, 1.165) is 10.6 Å². The number of nitro benzene ring substituents is 1. The van der Waals surface area contributed by atoms with E-state index in [9.17, 15) is 31.7 Å². The molecule has 1 aromatic heterocycles. The second-order valence-corrected chi connectivity index (χ2v) is 8.46. The summed E-state index contributed by atoms with van der Waals surface area (Å²) in [6, 6.07) is 4.82. The largest absolute Gasteiger partial charge is 0.406 e. The molecule has 0 spiro atoms. The number of hydrogen-bond donors (Lipinski definition) is 0. The molecule has 1 saturated heterocycles. The molecule has 29 heavy (non-hydrogen) atoms. The number of halogens is 3. The molecule has 9 nitrogen and oxygen atoms in total. The molecular weight excluding hydrogens is 415 g/mol. The van der Waals surface area contributed by atoms with Crippen LogP contribution in [0.4, 0.5) is 18.9 Å². The van der Waals surface area contributed by atoms with Crippen LogP contribution >= 0.6 is 0 Å². The van der Waals surface area contributed by atoms with Gasteiger partial charge in [0.05, 0.1) is 16.4 Å². The Morgan fingerprint density at radius 3 is 2.48 bits per heavy atom. The summed E-state index contributed by atoms with van der Waals surface area (Å²) in [7, 11) is -3.90. The van der Waals surface area contributed by atoms with Crippen LogP contribution in [0, 0.1) is 10.1 Å². The molecule has 2 aromatic rings. The summed E-state index contributed by atoms with van der Waals surface area (Å²) in [5, 5.41) is 10.9. The molecule has 0 amide bonds. The highest BCUT2D eigenvalue weighted by molar-refractivity contribution is 7.89. The molecule has 0 saturated carbocycles. The highest BCUT2D eigenvalue weighted by Crippen LogP contribution is 2.23. The van der Waals surface area contributed by atoms with E-state index in [0.29, 0.717) is 13.1 Å². The SMILES string of the molecule is O=[N+]([O-])c1cccc(S(=O)(=O)N2CCN(Cc3nccn3CC(F)(F)F)CC2)c1. The number of rotatable bonds is 6. The molecule has 0 unspecified atom stereocenters. The van der Waals surface area contributed by atoms with Crippen molar-refractivity contribution in [2.45, 2.75) is 24.2 Å². The highest BCUT2D eigenvalue weighted by Gasteiger charge is 2.31. The van der Waals surface area contributed by atoms with Crippen LogP contribution in [0.15, 0.2) is 41.6 Å². The third kappa shape index (κ3) is 5.10. The molecule has 0 bridgehead atoms. The monoisotopic (exact) mass is 433 g/mol. The van der Waals surface area contributed by atoms with Gasteiger partial charge in [-0.15, -0.1) is 0 Å². The van der Waals surface area contributed by atoms with Crippen molar-refractivity contribution in [2.75, 3.05) is 26.2 Å². The maximum Gasteiger partial charge on any atom is 0.406 e. The molecule has 0 N–H and O–H groups in total. The van der Waals surface area contributed by atoms with Crippen LogP contribution in [0.25, 0.3) is 0 Å². The molecule has 3 rings (SSSR count). The fourth-order valence-corrected chi connectivity index (χ4v) is 4.53. The molecule has 13 heteroatoms. The van der Waals surface area contributed by atoms with E-state index in [1.807, 2.05) is 4.90 Å². The van der Waals surface area contributed by atoms with Crippen molar-refractivity contribution in [1.29, 1.82) is 0 Å². The highest BCUT2D eigenvalue weighted by atomic mass is 32.2. The zero-order valence-corrected chi connectivity index (χ0v) is 15.9. The number of nitro groups is 1. The molecule has 2 heterocycles. The van der Waals surface area contributed by atoms with Crippen molar-refractivity contribution in [1.82, 2.24) is 18.8 Å². The van der Waals surface area contributed by atoms with E-state index in [1.54, 1.807) is 0 Å².